The highest BCUT2D eigenvalue weighted by atomic mass is 15.2. The quantitative estimate of drug-likeness (QED) is 0.498. The van der Waals surface area contributed by atoms with Crippen molar-refractivity contribution in [1.29, 1.82) is 0 Å². The van der Waals surface area contributed by atoms with Crippen molar-refractivity contribution in [3.05, 3.63) is 0 Å². The summed E-state index contributed by atoms with van der Waals surface area (Å²) in [5.41, 5.74) is 0. The van der Waals surface area contributed by atoms with Crippen molar-refractivity contribution in [2.45, 2.75) is 26.2 Å². The lowest BCUT2D eigenvalue weighted by atomic mass is 10.2. The molecule has 0 aromatic heterocycles. The maximum Gasteiger partial charge on any atom is 0.0954 e. The van der Waals surface area contributed by atoms with Crippen molar-refractivity contribution in [2.75, 3.05) is 20.1 Å². The summed E-state index contributed by atoms with van der Waals surface area (Å²) in [7, 11) is 2.12. The normalized spacial score (nSPS) is 21.4. The number of nitrogens with zero attached hydrogens (tertiary/aromatic N) is 2. The third-order valence-electron chi connectivity index (χ3n) is 2.04. The Morgan fingerprint density at radius 3 is 2.90 bits per heavy atom. The molecule has 0 unspecified atom stereocenters. The molecule has 1 heterocycles. The van der Waals surface area contributed by atoms with Crippen LogP contribution >= 0.6 is 0 Å². The second-order valence-electron chi connectivity index (χ2n) is 2.91. The smallest absolute Gasteiger partial charge is 0.0954 e. The number of hydrogen-bond acceptors (Lipinski definition) is 2. The van der Waals surface area contributed by atoms with E-state index in [-0.39, 0.29) is 0 Å². The Bertz CT molecular complexity index is 129. The van der Waals surface area contributed by atoms with Gasteiger partial charge >= 0.3 is 0 Å². The molecule has 0 atom stereocenters. The molecule has 0 bridgehead atoms. The maximum absolute atomic E-state index is 4.41. The molecule has 0 aromatic carbocycles. The molecule has 0 spiro atoms. The zero-order chi connectivity index (χ0) is 7.40. The molecule has 0 N–H and O–H groups in total. The van der Waals surface area contributed by atoms with Crippen molar-refractivity contribution < 1.29 is 0 Å². The Kier molecular flexibility index (Phi) is 2.72. The van der Waals surface area contributed by atoms with E-state index < -0.39 is 0 Å². The van der Waals surface area contributed by atoms with E-state index in [0.29, 0.717) is 0 Å². The van der Waals surface area contributed by atoms with Gasteiger partial charge in [-0.1, -0.05) is 0 Å². The van der Waals surface area contributed by atoms with Crippen LogP contribution in [0.2, 0.25) is 0 Å². The molecular formula is C8H16N2. The Morgan fingerprint density at radius 1 is 1.30 bits per heavy atom. The minimum absolute atomic E-state index is 1.02. The Morgan fingerprint density at radius 2 is 2.10 bits per heavy atom. The fourth-order valence-corrected chi connectivity index (χ4v) is 1.16. The highest BCUT2D eigenvalue weighted by molar-refractivity contribution is 5.79. The second-order valence-corrected chi connectivity index (χ2v) is 2.91. The topological polar surface area (TPSA) is 15.6 Å². The monoisotopic (exact) mass is 140 g/mol. The third-order valence-corrected chi connectivity index (χ3v) is 2.04. The van der Waals surface area contributed by atoms with Crippen molar-refractivity contribution in [2.24, 2.45) is 4.99 Å². The fourth-order valence-electron chi connectivity index (χ4n) is 1.16. The minimum atomic E-state index is 1.02. The molecule has 1 rings (SSSR count). The Balaban J connectivity index is 2.48. The summed E-state index contributed by atoms with van der Waals surface area (Å²) in [5, 5.41) is 0. The first kappa shape index (κ1) is 7.58. The van der Waals surface area contributed by atoms with E-state index in [0.717, 1.165) is 6.54 Å². The van der Waals surface area contributed by atoms with Crippen LogP contribution in [0.5, 0.6) is 0 Å². The Labute approximate surface area is 62.9 Å². The predicted octanol–water partition coefficient (Wildman–Crippen LogP) is 1.52. The maximum atomic E-state index is 4.41. The van der Waals surface area contributed by atoms with Crippen LogP contribution in [0.15, 0.2) is 4.99 Å². The van der Waals surface area contributed by atoms with E-state index in [1.807, 2.05) is 0 Å². The van der Waals surface area contributed by atoms with Crippen LogP contribution in [0.3, 0.4) is 0 Å². The van der Waals surface area contributed by atoms with Crippen LogP contribution in [-0.4, -0.2) is 30.9 Å². The van der Waals surface area contributed by atoms with Gasteiger partial charge in [0.1, 0.15) is 0 Å². The second kappa shape index (κ2) is 3.59. The molecule has 0 fully saturated rings. The summed E-state index contributed by atoms with van der Waals surface area (Å²) in [6, 6.07) is 0. The van der Waals surface area contributed by atoms with Crippen LogP contribution in [0.1, 0.15) is 26.2 Å². The van der Waals surface area contributed by atoms with Crippen LogP contribution < -0.4 is 0 Å². The molecule has 0 aliphatic carbocycles. The molecule has 1 aliphatic heterocycles. The van der Waals surface area contributed by atoms with Gasteiger partial charge in [0, 0.05) is 20.1 Å². The Hall–Kier alpha value is -0.530. The number of rotatable bonds is 0. The standard InChI is InChI=1S/C8H16N2/c1-8-9-6-4-3-5-7-10(8)2/h3-7H2,1-2H3. The summed E-state index contributed by atoms with van der Waals surface area (Å²) < 4.78 is 0. The van der Waals surface area contributed by atoms with Gasteiger partial charge in [0.25, 0.3) is 0 Å². The van der Waals surface area contributed by atoms with Crippen LogP contribution in [0.4, 0.5) is 0 Å². The molecule has 1 aliphatic rings. The van der Waals surface area contributed by atoms with Crippen molar-refractivity contribution in [3.8, 4) is 0 Å². The highest BCUT2D eigenvalue weighted by Crippen LogP contribution is 2.02. The van der Waals surface area contributed by atoms with E-state index in [4.69, 9.17) is 0 Å². The summed E-state index contributed by atoms with van der Waals surface area (Å²) in [6.07, 6.45) is 3.93. The van der Waals surface area contributed by atoms with Gasteiger partial charge in [-0.25, -0.2) is 0 Å². The predicted molar refractivity (Wildman–Crippen MR) is 44.5 cm³/mol. The number of hydrogen-bond donors (Lipinski definition) is 0. The zero-order valence-corrected chi connectivity index (χ0v) is 6.93. The fraction of sp³-hybridized carbons (Fsp3) is 0.875. The molecule has 2 heteroatoms. The molecule has 0 saturated carbocycles. The van der Waals surface area contributed by atoms with E-state index in [2.05, 4.69) is 23.9 Å². The zero-order valence-electron chi connectivity index (χ0n) is 6.93. The van der Waals surface area contributed by atoms with E-state index in [9.17, 15) is 0 Å². The molecule has 0 radical (unpaired) electrons. The first-order chi connectivity index (χ1) is 4.80. The van der Waals surface area contributed by atoms with Crippen LogP contribution in [-0.2, 0) is 0 Å². The molecule has 0 aromatic rings. The van der Waals surface area contributed by atoms with E-state index in [1.54, 1.807) is 0 Å². The molecule has 2 nitrogen and oxygen atoms in total. The van der Waals surface area contributed by atoms with Gasteiger partial charge in [-0.3, -0.25) is 4.99 Å². The molecule has 58 valence electrons. The largest absolute Gasteiger partial charge is 0.364 e. The average molecular weight is 140 g/mol. The lowest BCUT2D eigenvalue weighted by Crippen LogP contribution is -2.26. The SMILES string of the molecule is CC1=NCCCCCN1C. The van der Waals surface area contributed by atoms with Gasteiger partial charge in [0.15, 0.2) is 0 Å². The van der Waals surface area contributed by atoms with Crippen molar-refractivity contribution in [1.82, 2.24) is 4.90 Å². The van der Waals surface area contributed by atoms with Gasteiger partial charge in [-0.15, -0.1) is 0 Å². The highest BCUT2D eigenvalue weighted by Gasteiger charge is 2.02. The lowest BCUT2D eigenvalue weighted by molar-refractivity contribution is 0.457. The van der Waals surface area contributed by atoms with Gasteiger partial charge in [-0.2, -0.15) is 0 Å². The van der Waals surface area contributed by atoms with E-state index in [1.165, 1.54) is 31.6 Å². The van der Waals surface area contributed by atoms with Crippen molar-refractivity contribution in [3.63, 3.8) is 0 Å². The van der Waals surface area contributed by atoms with E-state index >= 15 is 0 Å². The molecule has 0 amide bonds. The summed E-state index contributed by atoms with van der Waals surface area (Å²) in [5.74, 6) is 1.19. The number of aliphatic imine (C=N–C) groups is 1. The van der Waals surface area contributed by atoms with Crippen LogP contribution in [0, 0.1) is 0 Å². The first-order valence-electron chi connectivity index (χ1n) is 4.03. The summed E-state index contributed by atoms with van der Waals surface area (Å²) in [6.45, 7) is 4.29. The van der Waals surface area contributed by atoms with Crippen LogP contribution in [0.25, 0.3) is 0 Å². The van der Waals surface area contributed by atoms with Gasteiger partial charge in [-0.05, 0) is 26.2 Å². The third kappa shape index (κ3) is 2.01. The summed E-state index contributed by atoms with van der Waals surface area (Å²) >= 11 is 0. The van der Waals surface area contributed by atoms with Gasteiger partial charge in [0.2, 0.25) is 0 Å². The summed E-state index contributed by atoms with van der Waals surface area (Å²) in [4.78, 5) is 6.64. The van der Waals surface area contributed by atoms with Crippen molar-refractivity contribution >= 4 is 5.84 Å². The van der Waals surface area contributed by atoms with Gasteiger partial charge in [0.05, 0.1) is 5.84 Å². The molecule has 10 heavy (non-hydrogen) atoms. The minimum Gasteiger partial charge on any atom is -0.364 e. The number of amidine groups is 1. The molecular weight excluding hydrogens is 124 g/mol. The first-order valence-corrected chi connectivity index (χ1v) is 4.03. The van der Waals surface area contributed by atoms with Gasteiger partial charge < -0.3 is 4.90 Å². The molecule has 0 saturated heterocycles. The lowest BCUT2D eigenvalue weighted by Gasteiger charge is -2.20. The average Bonchev–Trinajstić information content (AvgIpc) is 1.92.